The number of carboxylic acid groups (broad SMARTS) is 1. The summed E-state index contributed by atoms with van der Waals surface area (Å²) in [6, 6.07) is 0. The molecular weight excluding hydrogens is 346 g/mol. The van der Waals surface area contributed by atoms with Crippen LogP contribution in [-0.4, -0.2) is 47.4 Å². The summed E-state index contributed by atoms with van der Waals surface area (Å²) < 4.78 is 5.13. The van der Waals surface area contributed by atoms with Gasteiger partial charge in [0.1, 0.15) is 0 Å². The van der Waals surface area contributed by atoms with E-state index in [1.54, 1.807) is 7.11 Å². The Bertz CT molecular complexity index is 471. The number of methoxy groups -OCH3 is 1. The van der Waals surface area contributed by atoms with Crippen molar-refractivity contribution in [1.29, 1.82) is 0 Å². The minimum absolute atomic E-state index is 0.0911. The van der Waals surface area contributed by atoms with Gasteiger partial charge in [-0.15, -0.1) is 0 Å². The third-order valence-electron chi connectivity index (χ3n) is 5.78. The van der Waals surface area contributed by atoms with Gasteiger partial charge in [0.25, 0.3) is 0 Å². The van der Waals surface area contributed by atoms with Crippen molar-refractivity contribution < 1.29 is 24.3 Å². The van der Waals surface area contributed by atoms with Gasteiger partial charge in [0.05, 0.1) is 20.1 Å². The number of piperidine rings is 1. The summed E-state index contributed by atoms with van der Waals surface area (Å²) in [7, 11) is 3.19. The third kappa shape index (κ3) is 7.07. The fourth-order valence-electron chi connectivity index (χ4n) is 4.99. The number of esters is 1. The molecule has 1 saturated heterocycles. The van der Waals surface area contributed by atoms with Crippen LogP contribution in [0.2, 0.25) is 0 Å². The quantitative estimate of drug-likeness (QED) is 0.419. The second kappa shape index (κ2) is 10.4. The van der Waals surface area contributed by atoms with Gasteiger partial charge in [-0.25, -0.2) is 0 Å². The zero-order valence-electron chi connectivity index (χ0n) is 18.0. The molecule has 1 unspecified atom stereocenters. The molecule has 1 atom stereocenters. The van der Waals surface area contributed by atoms with Crippen molar-refractivity contribution in [2.24, 2.45) is 11.8 Å². The van der Waals surface area contributed by atoms with Gasteiger partial charge in [-0.2, -0.15) is 5.06 Å². The normalized spacial score (nSPS) is 21.0. The van der Waals surface area contributed by atoms with E-state index in [1.165, 1.54) is 7.11 Å². The number of hydrogen-bond acceptors (Lipinski definition) is 5. The van der Waals surface area contributed by atoms with Gasteiger partial charge in [-0.1, -0.05) is 25.7 Å². The lowest BCUT2D eigenvalue weighted by atomic mass is 9.69. The summed E-state index contributed by atoms with van der Waals surface area (Å²) in [5.41, 5.74) is -0.297. The second-order valence-electron chi connectivity index (χ2n) is 9.10. The SMILES string of the molecule is COC(=O)C(CCCCCCCC(=O)O)C1CC(C)(C)N(OC)C(C)(C)C1. The van der Waals surface area contributed by atoms with Crippen LogP contribution in [0.25, 0.3) is 0 Å². The maximum atomic E-state index is 12.5. The number of carbonyl (C=O) groups is 2. The Balaban J connectivity index is 2.64. The van der Waals surface area contributed by atoms with Crippen molar-refractivity contribution >= 4 is 11.9 Å². The summed E-state index contributed by atoms with van der Waals surface area (Å²) in [6.07, 6.45) is 7.53. The van der Waals surface area contributed by atoms with E-state index in [4.69, 9.17) is 14.7 Å². The monoisotopic (exact) mass is 385 g/mol. The number of unbranched alkanes of at least 4 members (excludes halogenated alkanes) is 4. The number of nitrogens with zero attached hydrogens (tertiary/aromatic N) is 1. The van der Waals surface area contributed by atoms with Crippen molar-refractivity contribution in [1.82, 2.24) is 5.06 Å². The fraction of sp³-hybridized carbons (Fsp3) is 0.905. The van der Waals surface area contributed by atoms with Crippen LogP contribution >= 0.6 is 0 Å². The summed E-state index contributed by atoms with van der Waals surface area (Å²) >= 11 is 0. The first kappa shape index (κ1) is 23.9. The van der Waals surface area contributed by atoms with Crippen LogP contribution in [-0.2, 0) is 19.2 Å². The average Bonchev–Trinajstić information content (AvgIpc) is 2.54. The summed E-state index contributed by atoms with van der Waals surface area (Å²) in [4.78, 5) is 28.7. The molecule has 27 heavy (non-hydrogen) atoms. The Labute approximate surface area is 164 Å². The molecule has 0 spiro atoms. The molecule has 1 fully saturated rings. The van der Waals surface area contributed by atoms with Crippen molar-refractivity contribution in [2.45, 2.75) is 96.6 Å². The molecule has 1 aliphatic rings. The van der Waals surface area contributed by atoms with E-state index < -0.39 is 5.97 Å². The van der Waals surface area contributed by atoms with Gasteiger partial charge in [0, 0.05) is 17.5 Å². The molecule has 0 aromatic carbocycles. The number of carboxylic acids is 1. The van der Waals surface area contributed by atoms with Crippen LogP contribution in [0.3, 0.4) is 0 Å². The Hall–Kier alpha value is -1.14. The number of carbonyl (C=O) groups excluding carboxylic acids is 1. The largest absolute Gasteiger partial charge is 0.481 e. The van der Waals surface area contributed by atoms with E-state index in [0.29, 0.717) is 0 Å². The third-order valence-corrected chi connectivity index (χ3v) is 5.78. The Morgan fingerprint density at radius 3 is 2.00 bits per heavy atom. The van der Waals surface area contributed by atoms with Gasteiger partial charge in [-0.05, 0) is 59.3 Å². The van der Waals surface area contributed by atoms with Crippen LogP contribution in [0.5, 0.6) is 0 Å². The predicted molar refractivity (Wildman–Crippen MR) is 105 cm³/mol. The van der Waals surface area contributed by atoms with Crippen LogP contribution in [0, 0.1) is 11.8 Å². The van der Waals surface area contributed by atoms with Gasteiger partial charge in [-0.3, -0.25) is 9.59 Å². The van der Waals surface area contributed by atoms with E-state index >= 15 is 0 Å². The maximum absolute atomic E-state index is 12.5. The first-order chi connectivity index (χ1) is 12.5. The Morgan fingerprint density at radius 1 is 1.00 bits per heavy atom. The number of ether oxygens (including phenoxy) is 1. The highest BCUT2D eigenvalue weighted by Crippen LogP contribution is 2.45. The van der Waals surface area contributed by atoms with Crippen molar-refractivity contribution in [3.8, 4) is 0 Å². The molecule has 0 amide bonds. The molecular formula is C21H39NO5. The molecule has 0 saturated carbocycles. The molecule has 6 heteroatoms. The Kier molecular flexibility index (Phi) is 9.22. The number of hydroxylamine groups is 2. The molecule has 1 aliphatic heterocycles. The summed E-state index contributed by atoms with van der Waals surface area (Å²) in [6.45, 7) is 8.67. The molecule has 0 aromatic rings. The molecule has 158 valence electrons. The van der Waals surface area contributed by atoms with E-state index in [0.717, 1.165) is 51.4 Å². The maximum Gasteiger partial charge on any atom is 0.308 e. The van der Waals surface area contributed by atoms with Gasteiger partial charge >= 0.3 is 11.9 Å². The van der Waals surface area contributed by atoms with Crippen LogP contribution < -0.4 is 0 Å². The number of aliphatic carboxylic acids is 1. The van der Waals surface area contributed by atoms with E-state index in [2.05, 4.69) is 32.8 Å². The summed E-state index contributed by atoms with van der Waals surface area (Å²) in [5, 5.41) is 10.7. The highest BCUT2D eigenvalue weighted by molar-refractivity contribution is 5.72. The molecule has 1 N–H and O–H groups in total. The molecule has 0 bridgehead atoms. The van der Waals surface area contributed by atoms with Gasteiger partial charge < -0.3 is 14.7 Å². The number of rotatable bonds is 11. The van der Waals surface area contributed by atoms with E-state index in [9.17, 15) is 9.59 Å². The van der Waals surface area contributed by atoms with Crippen LogP contribution in [0.4, 0.5) is 0 Å². The van der Waals surface area contributed by atoms with Crippen molar-refractivity contribution in [2.75, 3.05) is 14.2 Å². The van der Waals surface area contributed by atoms with Crippen molar-refractivity contribution in [3.63, 3.8) is 0 Å². The topological polar surface area (TPSA) is 76.1 Å². The standard InChI is InChI=1S/C21H39NO5/c1-20(2)14-16(15-21(3,4)22(20)27-6)17(19(25)26-5)12-10-8-7-9-11-13-18(23)24/h16-17H,7-15H2,1-6H3,(H,23,24). The fourth-order valence-corrected chi connectivity index (χ4v) is 4.99. The lowest BCUT2D eigenvalue weighted by Gasteiger charge is -2.54. The second-order valence-corrected chi connectivity index (χ2v) is 9.10. The molecule has 1 rings (SSSR count). The lowest BCUT2D eigenvalue weighted by Crippen LogP contribution is -2.61. The average molecular weight is 386 g/mol. The summed E-state index contributed by atoms with van der Waals surface area (Å²) in [5.74, 6) is -0.663. The van der Waals surface area contributed by atoms with Gasteiger partial charge in [0.2, 0.25) is 0 Å². The lowest BCUT2D eigenvalue weighted by molar-refractivity contribution is -0.274. The molecule has 0 aliphatic carbocycles. The molecule has 1 heterocycles. The highest BCUT2D eigenvalue weighted by Gasteiger charge is 2.49. The minimum Gasteiger partial charge on any atom is -0.481 e. The van der Waals surface area contributed by atoms with E-state index in [-0.39, 0.29) is 35.3 Å². The molecule has 0 radical (unpaired) electrons. The zero-order chi connectivity index (χ0) is 20.7. The first-order valence-corrected chi connectivity index (χ1v) is 10.2. The Morgan fingerprint density at radius 2 is 1.52 bits per heavy atom. The van der Waals surface area contributed by atoms with Crippen LogP contribution in [0.15, 0.2) is 0 Å². The molecule has 6 nitrogen and oxygen atoms in total. The highest BCUT2D eigenvalue weighted by atomic mass is 16.7. The van der Waals surface area contributed by atoms with Crippen molar-refractivity contribution in [3.05, 3.63) is 0 Å². The smallest absolute Gasteiger partial charge is 0.308 e. The minimum atomic E-state index is -0.728. The zero-order valence-corrected chi connectivity index (χ0v) is 18.0. The van der Waals surface area contributed by atoms with Crippen LogP contribution in [0.1, 0.15) is 85.5 Å². The molecule has 0 aromatic heterocycles. The van der Waals surface area contributed by atoms with Gasteiger partial charge in [0.15, 0.2) is 0 Å². The first-order valence-electron chi connectivity index (χ1n) is 10.2. The number of hydrogen-bond donors (Lipinski definition) is 1. The predicted octanol–water partition coefficient (Wildman–Crippen LogP) is 4.42. The van der Waals surface area contributed by atoms with E-state index in [1.807, 2.05) is 0 Å².